The summed E-state index contributed by atoms with van der Waals surface area (Å²) in [6.07, 6.45) is 8.71. The van der Waals surface area contributed by atoms with Crippen LogP contribution in [0.15, 0.2) is 0 Å². The van der Waals surface area contributed by atoms with Crippen molar-refractivity contribution in [2.45, 2.75) is 57.5 Å². The van der Waals surface area contributed by atoms with E-state index in [2.05, 4.69) is 10.6 Å². The van der Waals surface area contributed by atoms with Crippen LogP contribution in [0.1, 0.15) is 51.4 Å². The van der Waals surface area contributed by atoms with E-state index in [9.17, 15) is 9.90 Å². The number of fused-ring (bicyclic) bond motifs is 1. The average Bonchev–Trinajstić information content (AvgIpc) is 2.91. The molecule has 0 bridgehead atoms. The van der Waals surface area contributed by atoms with Crippen molar-refractivity contribution in [3.05, 3.63) is 0 Å². The zero-order valence-electron chi connectivity index (χ0n) is 12.8. The molecule has 0 aromatic carbocycles. The van der Waals surface area contributed by atoms with Crippen LogP contribution in [-0.4, -0.2) is 36.8 Å². The fourth-order valence-electron chi connectivity index (χ4n) is 4.52. The summed E-state index contributed by atoms with van der Waals surface area (Å²) in [5.74, 6) is 1.03. The van der Waals surface area contributed by atoms with Crippen molar-refractivity contribution in [1.29, 1.82) is 0 Å². The van der Waals surface area contributed by atoms with Gasteiger partial charge < -0.3 is 15.7 Å². The summed E-state index contributed by atoms with van der Waals surface area (Å²) < 4.78 is 0. The van der Waals surface area contributed by atoms with Gasteiger partial charge in [-0.15, -0.1) is 12.4 Å². The molecular formula is C16H29ClN2O2. The Kier molecular flexibility index (Phi) is 5.92. The monoisotopic (exact) mass is 316 g/mol. The highest BCUT2D eigenvalue weighted by Gasteiger charge is 2.49. The van der Waals surface area contributed by atoms with Crippen LogP contribution in [-0.2, 0) is 4.79 Å². The van der Waals surface area contributed by atoms with Crippen LogP contribution in [0.2, 0.25) is 0 Å². The predicted octanol–water partition coefficient (Wildman–Crippen LogP) is 1.86. The van der Waals surface area contributed by atoms with Gasteiger partial charge in [0, 0.05) is 19.0 Å². The molecule has 0 radical (unpaired) electrons. The van der Waals surface area contributed by atoms with Gasteiger partial charge in [-0.25, -0.2) is 0 Å². The third kappa shape index (κ3) is 3.38. The maximum absolute atomic E-state index is 12.7. The summed E-state index contributed by atoms with van der Waals surface area (Å²) in [4.78, 5) is 12.7. The summed E-state index contributed by atoms with van der Waals surface area (Å²) in [5.41, 5.74) is -0.155. The summed E-state index contributed by atoms with van der Waals surface area (Å²) >= 11 is 0. The normalized spacial score (nSPS) is 39.2. The highest BCUT2D eigenvalue weighted by atomic mass is 35.5. The van der Waals surface area contributed by atoms with Crippen molar-refractivity contribution in [1.82, 2.24) is 10.6 Å². The Hall–Kier alpha value is -0.320. The number of nitrogens with one attached hydrogen (secondary N) is 2. The molecule has 1 aliphatic heterocycles. The topological polar surface area (TPSA) is 61.4 Å². The molecule has 0 aromatic heterocycles. The van der Waals surface area contributed by atoms with Crippen molar-refractivity contribution in [3.8, 4) is 0 Å². The first kappa shape index (κ1) is 17.0. The minimum Gasteiger partial charge on any atom is -0.393 e. The lowest BCUT2D eigenvalue weighted by Gasteiger charge is -2.38. The third-order valence-corrected chi connectivity index (χ3v) is 5.88. The second-order valence-electron chi connectivity index (χ2n) is 7.05. The van der Waals surface area contributed by atoms with Gasteiger partial charge in [-0.05, 0) is 38.1 Å². The second-order valence-corrected chi connectivity index (χ2v) is 7.05. The Morgan fingerprint density at radius 2 is 1.95 bits per heavy atom. The molecule has 2 unspecified atom stereocenters. The highest BCUT2D eigenvalue weighted by molar-refractivity contribution is 5.85. The molecule has 0 spiro atoms. The largest absolute Gasteiger partial charge is 0.393 e. The number of hydrogen-bond donors (Lipinski definition) is 3. The van der Waals surface area contributed by atoms with Crippen LogP contribution < -0.4 is 10.6 Å². The first-order valence-corrected chi connectivity index (χ1v) is 8.39. The molecule has 3 rings (SSSR count). The van der Waals surface area contributed by atoms with E-state index < -0.39 is 0 Å². The minimum atomic E-state index is -0.217. The van der Waals surface area contributed by atoms with Gasteiger partial charge in [0.05, 0.1) is 11.5 Å². The van der Waals surface area contributed by atoms with Gasteiger partial charge >= 0.3 is 0 Å². The second kappa shape index (κ2) is 7.30. The van der Waals surface area contributed by atoms with E-state index in [-0.39, 0.29) is 35.8 Å². The zero-order valence-corrected chi connectivity index (χ0v) is 13.6. The number of aliphatic hydroxyl groups is 1. The van der Waals surface area contributed by atoms with Crippen molar-refractivity contribution >= 4 is 18.3 Å². The van der Waals surface area contributed by atoms with Gasteiger partial charge in [-0.1, -0.05) is 25.7 Å². The SMILES string of the molecule is Cl.O=C(NCC1CCCCC1O)[C@@]12CCCC[C@H]1CNC2. The number of rotatable bonds is 3. The van der Waals surface area contributed by atoms with E-state index in [1.165, 1.54) is 25.7 Å². The van der Waals surface area contributed by atoms with Gasteiger partial charge in [0.1, 0.15) is 0 Å². The fraction of sp³-hybridized carbons (Fsp3) is 0.938. The van der Waals surface area contributed by atoms with Crippen LogP contribution in [0.5, 0.6) is 0 Å². The van der Waals surface area contributed by atoms with Crippen molar-refractivity contribution < 1.29 is 9.90 Å². The summed E-state index contributed by atoms with van der Waals surface area (Å²) in [6, 6.07) is 0. The van der Waals surface area contributed by atoms with Gasteiger partial charge in [0.2, 0.25) is 5.91 Å². The maximum atomic E-state index is 12.7. The molecule has 5 heteroatoms. The van der Waals surface area contributed by atoms with Gasteiger partial charge in [0.25, 0.3) is 0 Å². The van der Waals surface area contributed by atoms with Crippen LogP contribution >= 0.6 is 12.4 Å². The zero-order chi connectivity index (χ0) is 14.0. The van der Waals surface area contributed by atoms with Gasteiger partial charge in [0.15, 0.2) is 0 Å². The Morgan fingerprint density at radius 1 is 1.19 bits per heavy atom. The number of hydrogen-bond acceptors (Lipinski definition) is 3. The number of amides is 1. The molecule has 1 heterocycles. The molecule has 122 valence electrons. The molecule has 0 aromatic rings. The molecule has 1 amide bonds. The summed E-state index contributed by atoms with van der Waals surface area (Å²) in [5, 5.41) is 16.6. The summed E-state index contributed by atoms with van der Waals surface area (Å²) in [6.45, 7) is 2.50. The number of halogens is 1. The first-order valence-electron chi connectivity index (χ1n) is 8.39. The Balaban J connectivity index is 0.00000161. The molecule has 21 heavy (non-hydrogen) atoms. The molecule has 2 aliphatic carbocycles. The Labute approximate surface area is 133 Å². The molecule has 4 atom stereocenters. The summed E-state index contributed by atoms with van der Waals surface area (Å²) in [7, 11) is 0. The van der Waals surface area contributed by atoms with E-state index in [1.54, 1.807) is 0 Å². The van der Waals surface area contributed by atoms with Crippen LogP contribution in [0.4, 0.5) is 0 Å². The van der Waals surface area contributed by atoms with E-state index in [4.69, 9.17) is 0 Å². The highest BCUT2D eigenvalue weighted by Crippen LogP contribution is 2.43. The number of carbonyl (C=O) groups is 1. The van der Waals surface area contributed by atoms with E-state index in [1.807, 2.05) is 0 Å². The number of aliphatic hydroxyl groups excluding tert-OH is 1. The third-order valence-electron chi connectivity index (χ3n) is 5.88. The van der Waals surface area contributed by atoms with E-state index >= 15 is 0 Å². The lowest BCUT2D eigenvalue weighted by molar-refractivity contribution is -0.134. The average molecular weight is 317 g/mol. The predicted molar refractivity (Wildman–Crippen MR) is 85.5 cm³/mol. The van der Waals surface area contributed by atoms with Gasteiger partial charge in [-0.2, -0.15) is 0 Å². The van der Waals surface area contributed by atoms with Crippen molar-refractivity contribution in [3.63, 3.8) is 0 Å². The molecule has 3 fully saturated rings. The lowest BCUT2D eigenvalue weighted by Crippen LogP contribution is -2.49. The quantitative estimate of drug-likeness (QED) is 0.745. The number of carbonyl (C=O) groups excluding carboxylic acids is 1. The fourth-order valence-corrected chi connectivity index (χ4v) is 4.52. The van der Waals surface area contributed by atoms with Crippen molar-refractivity contribution in [2.75, 3.05) is 19.6 Å². The first-order chi connectivity index (χ1) is 9.72. The van der Waals surface area contributed by atoms with Crippen molar-refractivity contribution in [2.24, 2.45) is 17.3 Å². The molecule has 1 saturated heterocycles. The molecule has 4 nitrogen and oxygen atoms in total. The minimum absolute atomic E-state index is 0. The molecule has 3 aliphatic rings. The lowest BCUT2D eigenvalue weighted by atomic mass is 9.67. The molecular weight excluding hydrogens is 288 g/mol. The standard InChI is InChI=1S/C16H28N2O2.ClH/c19-14-7-2-1-5-12(14)9-18-15(20)16-8-4-3-6-13(16)10-17-11-16;/h12-14,17,19H,1-11H2,(H,18,20);1H/t12?,13-,14?,16+;/m0./s1. The molecule has 3 N–H and O–H groups in total. The maximum Gasteiger partial charge on any atom is 0.227 e. The van der Waals surface area contributed by atoms with E-state index in [0.29, 0.717) is 12.5 Å². The van der Waals surface area contributed by atoms with Gasteiger partial charge in [-0.3, -0.25) is 4.79 Å². The molecule has 2 saturated carbocycles. The Bertz CT molecular complexity index is 366. The van der Waals surface area contributed by atoms with Crippen LogP contribution in [0, 0.1) is 17.3 Å². The van der Waals surface area contributed by atoms with Crippen LogP contribution in [0.25, 0.3) is 0 Å². The van der Waals surface area contributed by atoms with E-state index in [0.717, 1.165) is 38.8 Å². The smallest absolute Gasteiger partial charge is 0.227 e. The van der Waals surface area contributed by atoms with Crippen LogP contribution in [0.3, 0.4) is 0 Å². The Morgan fingerprint density at radius 3 is 2.76 bits per heavy atom.